The summed E-state index contributed by atoms with van der Waals surface area (Å²) in [4.78, 5) is 1.37. The molecule has 0 saturated carbocycles. The molecule has 0 unspecified atom stereocenters. The minimum absolute atomic E-state index is 0.478. The van der Waals surface area contributed by atoms with Crippen molar-refractivity contribution in [2.45, 2.75) is 20.3 Å². The summed E-state index contributed by atoms with van der Waals surface area (Å²) in [7, 11) is 0. The molecule has 2 heterocycles. The van der Waals surface area contributed by atoms with Crippen LogP contribution in [0.2, 0.25) is 5.15 Å². The van der Waals surface area contributed by atoms with E-state index in [-0.39, 0.29) is 0 Å². The monoisotopic (exact) mass is 267 g/mol. The van der Waals surface area contributed by atoms with Crippen LogP contribution in [0.1, 0.15) is 16.0 Å². The van der Waals surface area contributed by atoms with Crippen molar-refractivity contribution >= 4 is 28.8 Å². The molecule has 0 aliphatic rings. The fourth-order valence-electron chi connectivity index (χ4n) is 1.50. The van der Waals surface area contributed by atoms with Gasteiger partial charge in [0.1, 0.15) is 0 Å². The van der Waals surface area contributed by atoms with Crippen molar-refractivity contribution in [3.63, 3.8) is 0 Å². The van der Waals surface area contributed by atoms with E-state index < -0.39 is 0 Å². The quantitative estimate of drug-likeness (QED) is 0.922. The van der Waals surface area contributed by atoms with Gasteiger partial charge < -0.3 is 5.32 Å². The zero-order valence-corrected chi connectivity index (χ0v) is 11.4. The molecule has 0 fully saturated rings. The first kappa shape index (κ1) is 12.3. The van der Waals surface area contributed by atoms with Crippen molar-refractivity contribution in [2.75, 3.05) is 11.9 Å². The summed E-state index contributed by atoms with van der Waals surface area (Å²) in [5.41, 5.74) is 2.05. The van der Waals surface area contributed by atoms with Gasteiger partial charge in [-0.05, 0) is 42.8 Å². The average Bonchev–Trinajstić information content (AvgIpc) is 2.82. The van der Waals surface area contributed by atoms with Gasteiger partial charge >= 0.3 is 0 Å². The third-order valence-corrected chi connectivity index (χ3v) is 4.00. The van der Waals surface area contributed by atoms with Crippen molar-refractivity contribution in [3.8, 4) is 0 Å². The number of halogens is 1. The molecule has 2 aromatic heterocycles. The Morgan fingerprint density at radius 3 is 2.82 bits per heavy atom. The van der Waals surface area contributed by atoms with E-state index in [0.29, 0.717) is 5.15 Å². The molecule has 0 saturated heterocycles. The minimum Gasteiger partial charge on any atom is -0.368 e. The van der Waals surface area contributed by atoms with E-state index >= 15 is 0 Å². The van der Waals surface area contributed by atoms with Gasteiger partial charge in [-0.15, -0.1) is 21.5 Å². The van der Waals surface area contributed by atoms with Gasteiger partial charge in [0, 0.05) is 11.4 Å². The maximum Gasteiger partial charge on any atom is 0.155 e. The lowest BCUT2D eigenvalue weighted by Crippen LogP contribution is -2.09. The number of nitrogens with zero attached hydrogens (tertiary/aromatic N) is 2. The zero-order chi connectivity index (χ0) is 12.3. The molecule has 5 heteroatoms. The largest absolute Gasteiger partial charge is 0.368 e. The van der Waals surface area contributed by atoms with Crippen LogP contribution in [0, 0.1) is 13.8 Å². The van der Waals surface area contributed by atoms with Crippen molar-refractivity contribution in [1.29, 1.82) is 0 Å². The molecule has 90 valence electrons. The normalized spacial score (nSPS) is 10.5. The maximum absolute atomic E-state index is 5.90. The van der Waals surface area contributed by atoms with Crippen LogP contribution >= 0.6 is 22.9 Å². The second kappa shape index (κ2) is 5.47. The Balaban J connectivity index is 1.97. The molecule has 0 amide bonds. The van der Waals surface area contributed by atoms with Crippen molar-refractivity contribution in [1.82, 2.24) is 10.2 Å². The highest BCUT2D eigenvalue weighted by Gasteiger charge is 2.07. The van der Waals surface area contributed by atoms with Gasteiger partial charge in [-0.1, -0.05) is 17.7 Å². The first-order valence-corrected chi connectivity index (χ1v) is 6.70. The topological polar surface area (TPSA) is 37.8 Å². The number of aromatic nitrogens is 2. The number of hydrogen-bond donors (Lipinski definition) is 1. The van der Waals surface area contributed by atoms with E-state index in [1.165, 1.54) is 4.88 Å². The number of rotatable bonds is 4. The summed E-state index contributed by atoms with van der Waals surface area (Å²) in [6.45, 7) is 4.82. The smallest absolute Gasteiger partial charge is 0.155 e. The first-order chi connectivity index (χ1) is 8.18. The Morgan fingerprint density at radius 2 is 2.12 bits per heavy atom. The minimum atomic E-state index is 0.478. The van der Waals surface area contributed by atoms with Crippen LogP contribution in [0.5, 0.6) is 0 Å². The van der Waals surface area contributed by atoms with Crippen LogP contribution in [0.4, 0.5) is 5.82 Å². The van der Waals surface area contributed by atoms with Crippen LogP contribution < -0.4 is 5.32 Å². The molecule has 0 aliphatic carbocycles. The van der Waals surface area contributed by atoms with Crippen LogP contribution in [-0.2, 0) is 6.42 Å². The molecular weight excluding hydrogens is 254 g/mol. The van der Waals surface area contributed by atoms with Gasteiger partial charge in [0.15, 0.2) is 11.0 Å². The molecular formula is C12H14ClN3S. The molecule has 17 heavy (non-hydrogen) atoms. The van der Waals surface area contributed by atoms with E-state index in [2.05, 4.69) is 33.0 Å². The van der Waals surface area contributed by atoms with Crippen LogP contribution in [0.3, 0.4) is 0 Å². The Kier molecular flexibility index (Phi) is 3.97. The van der Waals surface area contributed by atoms with Gasteiger partial charge in [0.25, 0.3) is 0 Å². The maximum atomic E-state index is 5.90. The highest BCUT2D eigenvalue weighted by molar-refractivity contribution is 7.09. The summed E-state index contributed by atoms with van der Waals surface area (Å²) in [6.07, 6.45) is 1.00. The number of thiophene rings is 1. The van der Waals surface area contributed by atoms with E-state index in [9.17, 15) is 0 Å². The molecule has 3 nitrogen and oxygen atoms in total. The van der Waals surface area contributed by atoms with Crippen molar-refractivity contribution in [3.05, 3.63) is 38.7 Å². The van der Waals surface area contributed by atoms with E-state index in [0.717, 1.165) is 29.9 Å². The lowest BCUT2D eigenvalue weighted by atomic mass is 10.2. The van der Waals surface area contributed by atoms with Gasteiger partial charge in [-0.25, -0.2) is 0 Å². The van der Waals surface area contributed by atoms with Gasteiger partial charge in [0.05, 0.1) is 0 Å². The predicted octanol–water partition coefficient (Wildman–Crippen LogP) is 3.46. The van der Waals surface area contributed by atoms with Crippen LogP contribution in [0.15, 0.2) is 17.5 Å². The molecule has 0 atom stereocenters. The van der Waals surface area contributed by atoms with Crippen LogP contribution in [-0.4, -0.2) is 16.7 Å². The Hall–Kier alpha value is -1.13. The standard InChI is InChI=1S/C12H14ClN3S/c1-8-9(2)12(16-15-11(8)13)14-6-5-10-4-3-7-17-10/h3-4,7H,5-6H2,1-2H3,(H,14,16). The highest BCUT2D eigenvalue weighted by Crippen LogP contribution is 2.20. The molecule has 0 bridgehead atoms. The number of anilines is 1. The van der Waals surface area contributed by atoms with E-state index in [1.54, 1.807) is 11.3 Å². The molecule has 0 radical (unpaired) electrons. The van der Waals surface area contributed by atoms with E-state index in [1.807, 2.05) is 13.8 Å². The Labute approximate surface area is 110 Å². The van der Waals surface area contributed by atoms with Gasteiger partial charge in [0.2, 0.25) is 0 Å². The fourth-order valence-corrected chi connectivity index (χ4v) is 2.39. The Bertz CT molecular complexity index is 497. The first-order valence-electron chi connectivity index (χ1n) is 5.44. The molecule has 1 N–H and O–H groups in total. The Morgan fingerprint density at radius 1 is 1.29 bits per heavy atom. The van der Waals surface area contributed by atoms with Crippen molar-refractivity contribution in [2.24, 2.45) is 0 Å². The molecule has 2 rings (SSSR count). The summed E-state index contributed by atoms with van der Waals surface area (Å²) >= 11 is 7.67. The average molecular weight is 268 g/mol. The van der Waals surface area contributed by atoms with Gasteiger partial charge in [-0.3, -0.25) is 0 Å². The van der Waals surface area contributed by atoms with Gasteiger partial charge in [-0.2, -0.15) is 0 Å². The summed E-state index contributed by atoms with van der Waals surface area (Å²) in [6, 6.07) is 4.20. The summed E-state index contributed by atoms with van der Waals surface area (Å²) < 4.78 is 0. The fraction of sp³-hybridized carbons (Fsp3) is 0.333. The third kappa shape index (κ3) is 2.96. The number of hydrogen-bond acceptors (Lipinski definition) is 4. The molecule has 0 spiro atoms. The highest BCUT2D eigenvalue weighted by atomic mass is 35.5. The van der Waals surface area contributed by atoms with E-state index in [4.69, 9.17) is 11.6 Å². The summed E-state index contributed by atoms with van der Waals surface area (Å²) in [5.74, 6) is 0.823. The SMILES string of the molecule is Cc1c(Cl)nnc(NCCc2cccs2)c1C. The number of nitrogens with one attached hydrogen (secondary N) is 1. The lowest BCUT2D eigenvalue weighted by Gasteiger charge is -2.09. The molecule has 0 aromatic carbocycles. The summed E-state index contributed by atoms with van der Waals surface area (Å²) in [5, 5.41) is 13.8. The molecule has 0 aliphatic heterocycles. The van der Waals surface area contributed by atoms with Crippen molar-refractivity contribution < 1.29 is 0 Å². The molecule has 2 aromatic rings. The zero-order valence-electron chi connectivity index (χ0n) is 9.83. The lowest BCUT2D eigenvalue weighted by molar-refractivity contribution is 0.955. The third-order valence-electron chi connectivity index (χ3n) is 2.71. The van der Waals surface area contributed by atoms with Crippen LogP contribution in [0.25, 0.3) is 0 Å². The second-order valence-electron chi connectivity index (χ2n) is 3.85. The second-order valence-corrected chi connectivity index (χ2v) is 5.24. The predicted molar refractivity (Wildman–Crippen MR) is 73.0 cm³/mol.